The fraction of sp³-hybridized carbons (Fsp3) is 0.375. The van der Waals surface area contributed by atoms with Crippen LogP contribution in [-0.4, -0.2) is 50.9 Å². The van der Waals surface area contributed by atoms with Gasteiger partial charge in [0.2, 0.25) is 11.8 Å². The second kappa shape index (κ2) is 13.7. The van der Waals surface area contributed by atoms with Gasteiger partial charge in [0.05, 0.1) is 17.7 Å². The quantitative estimate of drug-likeness (QED) is 0.344. The van der Waals surface area contributed by atoms with Crippen LogP contribution in [0.15, 0.2) is 83.8 Å². The number of benzene rings is 3. The molecule has 1 aliphatic rings. The number of carbonyl (C=O) groups is 2. The summed E-state index contributed by atoms with van der Waals surface area (Å²) in [6.07, 6.45) is 5.14. The number of methoxy groups -OCH3 is 1. The second-order valence-electron chi connectivity index (χ2n) is 10.6. The molecule has 3 aromatic rings. The van der Waals surface area contributed by atoms with E-state index in [0.29, 0.717) is 5.75 Å². The van der Waals surface area contributed by atoms with E-state index in [1.165, 1.54) is 24.1 Å². The highest BCUT2D eigenvalue weighted by molar-refractivity contribution is 7.92. The Kier molecular flexibility index (Phi) is 10.0. The highest BCUT2D eigenvalue weighted by Crippen LogP contribution is 2.28. The van der Waals surface area contributed by atoms with Crippen LogP contribution in [-0.2, 0) is 26.2 Å². The molecule has 3 aromatic carbocycles. The van der Waals surface area contributed by atoms with Crippen molar-refractivity contribution in [3.05, 3.63) is 90.0 Å². The number of sulfonamides is 1. The monoisotopic (exact) mass is 577 g/mol. The van der Waals surface area contributed by atoms with Crippen molar-refractivity contribution in [3.8, 4) is 5.75 Å². The summed E-state index contributed by atoms with van der Waals surface area (Å²) in [4.78, 5) is 29.0. The van der Waals surface area contributed by atoms with Crippen LogP contribution >= 0.6 is 0 Å². The molecule has 0 bridgehead atoms. The van der Waals surface area contributed by atoms with Gasteiger partial charge in [-0.1, -0.05) is 73.4 Å². The first-order chi connectivity index (χ1) is 19.7. The molecule has 9 heteroatoms. The zero-order chi connectivity index (χ0) is 29.4. The van der Waals surface area contributed by atoms with Gasteiger partial charge in [-0.15, -0.1) is 0 Å². The molecule has 0 saturated heterocycles. The van der Waals surface area contributed by atoms with E-state index in [-0.39, 0.29) is 29.1 Å². The van der Waals surface area contributed by atoms with Crippen molar-refractivity contribution in [1.82, 2.24) is 10.2 Å². The van der Waals surface area contributed by atoms with E-state index in [9.17, 15) is 18.0 Å². The summed E-state index contributed by atoms with van der Waals surface area (Å²) in [6, 6.07) is 21.6. The van der Waals surface area contributed by atoms with Crippen molar-refractivity contribution in [2.45, 2.75) is 69.5 Å². The molecule has 1 saturated carbocycles. The van der Waals surface area contributed by atoms with E-state index >= 15 is 0 Å². The molecule has 1 aliphatic carbocycles. The summed E-state index contributed by atoms with van der Waals surface area (Å²) in [5.41, 5.74) is 2.21. The Labute approximate surface area is 243 Å². The number of rotatable bonds is 11. The topological polar surface area (TPSA) is 96.0 Å². The molecule has 1 fully saturated rings. The fourth-order valence-corrected chi connectivity index (χ4v) is 6.48. The summed E-state index contributed by atoms with van der Waals surface area (Å²) in [6.45, 7) is 3.35. The number of ether oxygens (including phenoxy) is 1. The number of nitrogens with one attached hydrogen (secondary N) is 1. The van der Waals surface area contributed by atoms with Gasteiger partial charge in [-0.25, -0.2) is 8.42 Å². The minimum Gasteiger partial charge on any atom is -0.497 e. The van der Waals surface area contributed by atoms with E-state index in [2.05, 4.69) is 5.32 Å². The number of aryl methyl sites for hydroxylation is 1. The van der Waals surface area contributed by atoms with E-state index < -0.39 is 28.5 Å². The molecule has 0 radical (unpaired) electrons. The first kappa shape index (κ1) is 30.1. The van der Waals surface area contributed by atoms with Gasteiger partial charge >= 0.3 is 0 Å². The molecule has 1 unspecified atom stereocenters. The summed E-state index contributed by atoms with van der Waals surface area (Å²) in [7, 11) is -2.63. The lowest BCUT2D eigenvalue weighted by molar-refractivity contribution is -0.139. The number of hydrogen-bond donors (Lipinski definition) is 1. The highest BCUT2D eigenvalue weighted by atomic mass is 32.2. The maximum atomic E-state index is 14.1. The van der Waals surface area contributed by atoms with Gasteiger partial charge in [0, 0.05) is 18.7 Å². The van der Waals surface area contributed by atoms with Crippen molar-refractivity contribution in [3.63, 3.8) is 0 Å². The van der Waals surface area contributed by atoms with E-state index in [1.54, 1.807) is 49.4 Å². The van der Waals surface area contributed by atoms with Gasteiger partial charge in [-0.05, 0) is 56.5 Å². The number of carbonyl (C=O) groups excluding carboxylic acids is 2. The SMILES string of the molecule is COc1cccc(N(CC(=O)N(Cc2ccc(C)cc2)C(C)C(=O)NC2CCCCC2)S(=O)(=O)c2ccccc2)c1. The van der Waals surface area contributed by atoms with Gasteiger partial charge in [0.25, 0.3) is 10.0 Å². The van der Waals surface area contributed by atoms with Crippen LogP contribution in [0.1, 0.15) is 50.2 Å². The van der Waals surface area contributed by atoms with Crippen LogP contribution in [0.3, 0.4) is 0 Å². The van der Waals surface area contributed by atoms with Crippen molar-refractivity contribution < 1.29 is 22.7 Å². The minimum atomic E-state index is -4.13. The van der Waals surface area contributed by atoms with Crippen LogP contribution in [0.25, 0.3) is 0 Å². The molecule has 0 spiro atoms. The molecule has 1 atom stereocenters. The molecule has 218 valence electrons. The lowest BCUT2D eigenvalue weighted by atomic mass is 9.95. The molecule has 0 aliphatic heterocycles. The molecule has 1 N–H and O–H groups in total. The molecule has 4 rings (SSSR count). The maximum absolute atomic E-state index is 14.1. The molecule has 0 heterocycles. The Bertz CT molecular complexity index is 1420. The summed E-state index contributed by atoms with van der Waals surface area (Å²) >= 11 is 0. The Morgan fingerprint density at radius 2 is 1.63 bits per heavy atom. The zero-order valence-corrected chi connectivity index (χ0v) is 24.8. The molecule has 2 amide bonds. The normalized spacial score (nSPS) is 14.6. The lowest BCUT2D eigenvalue weighted by Gasteiger charge is -2.33. The van der Waals surface area contributed by atoms with E-state index in [1.807, 2.05) is 31.2 Å². The smallest absolute Gasteiger partial charge is 0.264 e. The lowest BCUT2D eigenvalue weighted by Crippen LogP contribution is -2.53. The predicted molar refractivity (Wildman–Crippen MR) is 160 cm³/mol. The third-order valence-corrected chi connectivity index (χ3v) is 9.33. The molecular weight excluding hydrogens is 538 g/mol. The largest absolute Gasteiger partial charge is 0.497 e. The van der Waals surface area contributed by atoms with Gasteiger partial charge in [-0.2, -0.15) is 0 Å². The first-order valence-corrected chi connectivity index (χ1v) is 15.5. The Balaban J connectivity index is 1.67. The summed E-state index contributed by atoms with van der Waals surface area (Å²) in [5, 5.41) is 3.12. The van der Waals surface area contributed by atoms with Gasteiger partial charge in [-0.3, -0.25) is 13.9 Å². The Morgan fingerprint density at radius 3 is 2.29 bits per heavy atom. The average Bonchev–Trinajstić information content (AvgIpc) is 3.00. The summed E-state index contributed by atoms with van der Waals surface area (Å²) < 4.78 is 34.2. The van der Waals surface area contributed by atoms with Crippen LogP contribution in [0, 0.1) is 6.92 Å². The highest BCUT2D eigenvalue weighted by Gasteiger charge is 2.33. The number of nitrogens with zero attached hydrogens (tertiary/aromatic N) is 2. The van der Waals surface area contributed by atoms with Crippen molar-refractivity contribution in [1.29, 1.82) is 0 Å². The number of anilines is 1. The maximum Gasteiger partial charge on any atom is 0.264 e. The van der Waals surface area contributed by atoms with Gasteiger partial charge in [0.1, 0.15) is 18.3 Å². The standard InChI is InChI=1S/C32H39N3O5S/c1-24-17-19-26(20-18-24)22-34(25(2)32(37)33-27-11-6-4-7-12-27)31(36)23-35(28-13-10-14-29(21-28)40-3)41(38,39)30-15-8-5-9-16-30/h5,8-10,13-21,25,27H,4,6-7,11-12,22-23H2,1-3H3,(H,33,37). The van der Waals surface area contributed by atoms with Crippen LogP contribution < -0.4 is 14.4 Å². The summed E-state index contributed by atoms with van der Waals surface area (Å²) in [5.74, 6) is -0.268. The van der Waals surface area contributed by atoms with E-state index in [0.717, 1.165) is 47.5 Å². The molecule has 0 aromatic heterocycles. The van der Waals surface area contributed by atoms with Crippen molar-refractivity contribution in [2.24, 2.45) is 0 Å². The minimum absolute atomic E-state index is 0.0591. The van der Waals surface area contributed by atoms with Crippen LogP contribution in [0.5, 0.6) is 5.75 Å². The third-order valence-electron chi connectivity index (χ3n) is 7.54. The zero-order valence-electron chi connectivity index (χ0n) is 24.0. The van der Waals surface area contributed by atoms with Crippen molar-refractivity contribution >= 4 is 27.5 Å². The molecule has 8 nitrogen and oxygen atoms in total. The van der Waals surface area contributed by atoms with Crippen LogP contribution in [0.4, 0.5) is 5.69 Å². The fourth-order valence-electron chi connectivity index (χ4n) is 5.06. The Hall–Kier alpha value is -3.85. The predicted octanol–water partition coefficient (Wildman–Crippen LogP) is 5.07. The van der Waals surface area contributed by atoms with Crippen LogP contribution in [0.2, 0.25) is 0 Å². The number of amides is 2. The first-order valence-electron chi connectivity index (χ1n) is 14.1. The average molecular weight is 578 g/mol. The van der Waals surface area contributed by atoms with Gasteiger partial charge in [0.15, 0.2) is 0 Å². The van der Waals surface area contributed by atoms with Crippen molar-refractivity contribution in [2.75, 3.05) is 18.0 Å². The third kappa shape index (κ3) is 7.67. The van der Waals surface area contributed by atoms with E-state index in [4.69, 9.17) is 4.74 Å². The van der Waals surface area contributed by atoms with Gasteiger partial charge < -0.3 is 15.0 Å². The number of hydrogen-bond acceptors (Lipinski definition) is 5. The molecular formula is C32H39N3O5S. The molecule has 41 heavy (non-hydrogen) atoms. The second-order valence-corrected chi connectivity index (χ2v) is 12.4. The Morgan fingerprint density at radius 1 is 0.951 bits per heavy atom.